The number of benzene rings is 2. The largest absolute Gasteiger partial charge is 0.315 e. The summed E-state index contributed by atoms with van der Waals surface area (Å²) < 4.78 is 24.1. The Labute approximate surface area is 152 Å². The molecule has 2 aromatic carbocycles. The lowest BCUT2D eigenvalue weighted by atomic mass is 10.1. The van der Waals surface area contributed by atoms with Gasteiger partial charge in [-0.1, -0.05) is 59.8 Å². The molecule has 2 aromatic rings. The van der Waals surface area contributed by atoms with Gasteiger partial charge in [0.05, 0.1) is 23.6 Å². The van der Waals surface area contributed by atoms with Gasteiger partial charge in [-0.3, -0.25) is 4.99 Å². The van der Waals surface area contributed by atoms with E-state index in [0.717, 1.165) is 16.6 Å². The second-order valence-electron chi connectivity index (χ2n) is 6.60. The summed E-state index contributed by atoms with van der Waals surface area (Å²) in [4.78, 5) is 6.89. The van der Waals surface area contributed by atoms with E-state index < -0.39 is 9.84 Å². The van der Waals surface area contributed by atoms with Crippen LogP contribution in [0.4, 0.5) is 5.69 Å². The van der Waals surface area contributed by atoms with Gasteiger partial charge in [-0.15, -0.1) is 0 Å². The first-order chi connectivity index (χ1) is 12.0. The van der Waals surface area contributed by atoms with E-state index in [-0.39, 0.29) is 23.6 Å². The fourth-order valence-corrected chi connectivity index (χ4v) is 6.29. The van der Waals surface area contributed by atoms with Crippen LogP contribution in [0.3, 0.4) is 0 Å². The Hall–Kier alpha value is -1.79. The van der Waals surface area contributed by atoms with Crippen molar-refractivity contribution in [1.29, 1.82) is 0 Å². The number of anilines is 1. The van der Waals surface area contributed by atoms with E-state index in [1.165, 1.54) is 11.1 Å². The van der Waals surface area contributed by atoms with Crippen LogP contribution in [0, 0.1) is 6.92 Å². The Morgan fingerprint density at radius 1 is 1.08 bits per heavy atom. The molecule has 0 bridgehead atoms. The number of amidine groups is 1. The molecule has 4 rings (SSSR count). The van der Waals surface area contributed by atoms with Gasteiger partial charge in [-0.25, -0.2) is 8.42 Å². The Kier molecular flexibility index (Phi) is 4.33. The topological polar surface area (TPSA) is 49.7 Å². The molecule has 0 aliphatic carbocycles. The van der Waals surface area contributed by atoms with Crippen LogP contribution in [0.25, 0.3) is 0 Å². The molecule has 6 heteroatoms. The highest BCUT2D eigenvalue weighted by Crippen LogP contribution is 2.35. The maximum absolute atomic E-state index is 12.1. The van der Waals surface area contributed by atoms with Crippen molar-refractivity contribution in [2.75, 3.05) is 16.4 Å². The third-order valence-corrected chi connectivity index (χ3v) is 7.37. The standard InChI is InChI=1S/C19H20N2O2S2/c1-14-7-9-16(10-8-14)21-18-13-25(22,23)12-17(18)20-19(21)24-11-15-5-3-2-4-6-15/h2-10,17-18H,11-13H2,1H3/t17-,18-/m1/s1. The fourth-order valence-electron chi connectivity index (χ4n) is 3.36. The molecule has 4 nitrogen and oxygen atoms in total. The van der Waals surface area contributed by atoms with Crippen molar-refractivity contribution in [3.05, 3.63) is 65.7 Å². The Balaban J connectivity index is 1.62. The molecule has 0 amide bonds. The molecule has 1 fully saturated rings. The van der Waals surface area contributed by atoms with Crippen LogP contribution < -0.4 is 4.90 Å². The van der Waals surface area contributed by atoms with Gasteiger partial charge >= 0.3 is 0 Å². The first-order valence-corrected chi connectivity index (χ1v) is 11.1. The van der Waals surface area contributed by atoms with Gasteiger partial charge in [-0.05, 0) is 24.6 Å². The third kappa shape index (κ3) is 3.46. The highest BCUT2D eigenvalue weighted by molar-refractivity contribution is 8.13. The molecular formula is C19H20N2O2S2. The van der Waals surface area contributed by atoms with E-state index in [4.69, 9.17) is 4.99 Å². The van der Waals surface area contributed by atoms with Gasteiger partial charge in [-0.2, -0.15) is 0 Å². The van der Waals surface area contributed by atoms with Gasteiger partial charge < -0.3 is 4.90 Å². The molecule has 0 aromatic heterocycles. The lowest BCUT2D eigenvalue weighted by Crippen LogP contribution is -2.39. The molecule has 2 heterocycles. The van der Waals surface area contributed by atoms with Crippen LogP contribution in [-0.2, 0) is 15.6 Å². The summed E-state index contributed by atoms with van der Waals surface area (Å²) in [5.41, 5.74) is 3.45. The zero-order valence-electron chi connectivity index (χ0n) is 14.0. The van der Waals surface area contributed by atoms with Crippen LogP contribution in [0.5, 0.6) is 0 Å². The average molecular weight is 373 g/mol. The Morgan fingerprint density at radius 3 is 2.52 bits per heavy atom. The van der Waals surface area contributed by atoms with Gasteiger partial charge in [0.1, 0.15) is 0 Å². The molecule has 2 aliphatic rings. The minimum Gasteiger partial charge on any atom is -0.315 e. The normalized spacial score (nSPS) is 24.2. The average Bonchev–Trinajstić information content (AvgIpc) is 3.06. The summed E-state index contributed by atoms with van der Waals surface area (Å²) in [7, 11) is -3.00. The molecule has 0 radical (unpaired) electrons. The number of thioether (sulfide) groups is 1. The monoisotopic (exact) mass is 372 g/mol. The quantitative estimate of drug-likeness (QED) is 0.830. The highest BCUT2D eigenvalue weighted by atomic mass is 32.2. The number of rotatable bonds is 3. The molecular weight excluding hydrogens is 352 g/mol. The van der Waals surface area contributed by atoms with Crippen molar-refractivity contribution in [2.24, 2.45) is 4.99 Å². The van der Waals surface area contributed by atoms with Crippen molar-refractivity contribution >= 4 is 32.5 Å². The first kappa shape index (κ1) is 16.7. The lowest BCUT2D eigenvalue weighted by molar-refractivity contribution is 0.601. The molecule has 2 atom stereocenters. The fraction of sp³-hybridized carbons (Fsp3) is 0.316. The maximum Gasteiger partial charge on any atom is 0.164 e. The second-order valence-corrected chi connectivity index (χ2v) is 9.70. The van der Waals surface area contributed by atoms with E-state index in [1.807, 2.05) is 18.2 Å². The Bertz CT molecular complexity index is 893. The van der Waals surface area contributed by atoms with Crippen LogP contribution in [0.15, 0.2) is 59.6 Å². The van der Waals surface area contributed by atoms with Crippen LogP contribution in [0.2, 0.25) is 0 Å². The predicted molar refractivity (Wildman–Crippen MR) is 105 cm³/mol. The summed E-state index contributed by atoms with van der Waals surface area (Å²) in [6.07, 6.45) is 0. The molecule has 0 unspecified atom stereocenters. The summed E-state index contributed by atoms with van der Waals surface area (Å²) in [6, 6.07) is 18.3. The number of aliphatic imine (C=N–C) groups is 1. The smallest absolute Gasteiger partial charge is 0.164 e. The molecule has 0 N–H and O–H groups in total. The number of nitrogens with zero attached hydrogens (tertiary/aromatic N) is 2. The predicted octanol–water partition coefficient (Wildman–Crippen LogP) is 3.27. The minimum absolute atomic E-state index is 0.0778. The molecule has 0 spiro atoms. The first-order valence-electron chi connectivity index (χ1n) is 8.33. The van der Waals surface area contributed by atoms with Gasteiger partial charge in [0.25, 0.3) is 0 Å². The summed E-state index contributed by atoms with van der Waals surface area (Å²) in [6.45, 7) is 2.05. The van der Waals surface area contributed by atoms with Crippen molar-refractivity contribution in [3.63, 3.8) is 0 Å². The molecule has 130 valence electrons. The third-order valence-electron chi connectivity index (χ3n) is 4.63. The number of sulfone groups is 1. The molecule has 2 aliphatic heterocycles. The van der Waals surface area contributed by atoms with E-state index in [2.05, 4.69) is 48.2 Å². The van der Waals surface area contributed by atoms with Crippen molar-refractivity contribution < 1.29 is 8.42 Å². The van der Waals surface area contributed by atoms with Crippen molar-refractivity contribution in [3.8, 4) is 0 Å². The second kappa shape index (κ2) is 6.50. The molecule has 0 saturated carbocycles. The maximum atomic E-state index is 12.1. The number of hydrogen-bond donors (Lipinski definition) is 0. The summed E-state index contributed by atoms with van der Waals surface area (Å²) in [5.74, 6) is 1.17. The van der Waals surface area contributed by atoms with Crippen LogP contribution in [0.1, 0.15) is 11.1 Å². The molecule has 25 heavy (non-hydrogen) atoms. The highest BCUT2D eigenvalue weighted by Gasteiger charge is 2.47. The van der Waals surface area contributed by atoms with Crippen molar-refractivity contribution in [1.82, 2.24) is 0 Å². The van der Waals surface area contributed by atoms with Crippen LogP contribution >= 0.6 is 11.8 Å². The van der Waals surface area contributed by atoms with Gasteiger partial charge in [0, 0.05) is 11.4 Å². The summed E-state index contributed by atoms with van der Waals surface area (Å²) in [5, 5.41) is 0.928. The number of fused-ring (bicyclic) bond motifs is 1. The minimum atomic E-state index is -3.00. The molecule has 1 saturated heterocycles. The van der Waals surface area contributed by atoms with E-state index in [1.54, 1.807) is 11.8 Å². The number of hydrogen-bond acceptors (Lipinski definition) is 5. The van der Waals surface area contributed by atoms with E-state index >= 15 is 0 Å². The number of aryl methyl sites for hydroxylation is 1. The SMILES string of the molecule is Cc1ccc(N2C(SCc3ccccc3)=N[C@@H]3CS(=O)(=O)C[C@H]32)cc1. The van der Waals surface area contributed by atoms with Gasteiger partial charge in [0.2, 0.25) is 0 Å². The van der Waals surface area contributed by atoms with Crippen LogP contribution in [-0.4, -0.2) is 37.2 Å². The van der Waals surface area contributed by atoms with Gasteiger partial charge in [0.15, 0.2) is 15.0 Å². The van der Waals surface area contributed by atoms with E-state index in [9.17, 15) is 8.42 Å². The summed E-state index contributed by atoms with van der Waals surface area (Å²) >= 11 is 1.68. The Morgan fingerprint density at radius 2 is 1.80 bits per heavy atom. The zero-order chi connectivity index (χ0) is 17.4. The van der Waals surface area contributed by atoms with Crippen molar-refractivity contribution in [2.45, 2.75) is 24.8 Å². The lowest BCUT2D eigenvalue weighted by Gasteiger charge is -2.26. The zero-order valence-corrected chi connectivity index (χ0v) is 15.6. The van der Waals surface area contributed by atoms with E-state index in [0.29, 0.717) is 0 Å².